The van der Waals surface area contributed by atoms with Gasteiger partial charge in [-0.15, -0.1) is 0 Å². The highest BCUT2D eigenvalue weighted by atomic mass is 16.6. The first-order valence-electron chi connectivity index (χ1n) is 8.02. The molecule has 3 rings (SSSR count). The molecular weight excluding hydrogens is 306 g/mol. The molecule has 0 unspecified atom stereocenters. The van der Waals surface area contributed by atoms with E-state index in [9.17, 15) is 10.1 Å². The molecule has 6 nitrogen and oxygen atoms in total. The van der Waals surface area contributed by atoms with Gasteiger partial charge in [0.25, 0.3) is 5.69 Å². The number of piperidine rings is 1. The minimum absolute atomic E-state index is 0.0567. The number of hydrogen-bond donors (Lipinski definition) is 0. The standard InChI is InChI=1S/C18H19N3O3/c22-21(23)16-9-7-15(8-10-16)17-14-19-18(24-17)6-2-5-13-20-11-3-1-4-12-20/h2,5-10,13-14H,1,3-4,11-12H2/b6-2+,13-5+. The van der Waals surface area contributed by atoms with Crippen LogP contribution in [0.3, 0.4) is 0 Å². The second kappa shape index (κ2) is 7.59. The molecule has 1 fully saturated rings. The van der Waals surface area contributed by atoms with E-state index in [4.69, 9.17) is 4.42 Å². The Kier molecular flexibility index (Phi) is 5.05. The summed E-state index contributed by atoms with van der Waals surface area (Å²) in [5.74, 6) is 1.09. The van der Waals surface area contributed by atoms with Gasteiger partial charge in [0.2, 0.25) is 5.89 Å². The van der Waals surface area contributed by atoms with Crippen molar-refractivity contribution >= 4 is 11.8 Å². The zero-order valence-corrected chi connectivity index (χ0v) is 13.3. The van der Waals surface area contributed by atoms with Gasteiger partial charge in [0, 0.05) is 36.9 Å². The number of aromatic nitrogens is 1. The second-order valence-corrected chi connectivity index (χ2v) is 5.66. The highest BCUT2D eigenvalue weighted by Crippen LogP contribution is 2.23. The monoisotopic (exact) mass is 325 g/mol. The lowest BCUT2D eigenvalue weighted by molar-refractivity contribution is -0.384. The molecule has 0 spiro atoms. The van der Waals surface area contributed by atoms with Crippen molar-refractivity contribution in [1.29, 1.82) is 0 Å². The molecule has 0 amide bonds. The normalized spacial score (nSPS) is 15.4. The maximum absolute atomic E-state index is 10.7. The fraction of sp³-hybridized carbons (Fsp3) is 0.278. The maximum atomic E-state index is 10.7. The van der Waals surface area contributed by atoms with E-state index in [0.717, 1.165) is 18.7 Å². The maximum Gasteiger partial charge on any atom is 0.269 e. The summed E-state index contributed by atoms with van der Waals surface area (Å²) >= 11 is 0. The third-order valence-electron chi connectivity index (χ3n) is 3.92. The highest BCUT2D eigenvalue weighted by molar-refractivity contribution is 5.59. The van der Waals surface area contributed by atoms with Gasteiger partial charge in [-0.3, -0.25) is 10.1 Å². The molecule has 1 saturated heterocycles. The summed E-state index contributed by atoms with van der Waals surface area (Å²) in [7, 11) is 0. The Morgan fingerprint density at radius 3 is 2.58 bits per heavy atom. The van der Waals surface area contributed by atoms with Crippen molar-refractivity contribution in [3.8, 4) is 11.3 Å². The predicted molar refractivity (Wildman–Crippen MR) is 92.2 cm³/mol. The van der Waals surface area contributed by atoms with Crippen molar-refractivity contribution in [3.05, 3.63) is 64.8 Å². The molecule has 1 aliphatic heterocycles. The molecule has 0 saturated carbocycles. The molecule has 0 atom stereocenters. The Balaban J connectivity index is 1.61. The molecule has 0 bridgehead atoms. The Morgan fingerprint density at radius 1 is 1.12 bits per heavy atom. The van der Waals surface area contributed by atoms with E-state index >= 15 is 0 Å². The zero-order valence-electron chi connectivity index (χ0n) is 13.3. The summed E-state index contributed by atoms with van der Waals surface area (Å²) in [6.07, 6.45) is 13.2. The summed E-state index contributed by atoms with van der Waals surface area (Å²) in [4.78, 5) is 16.8. The van der Waals surface area contributed by atoms with Crippen LogP contribution < -0.4 is 0 Å². The van der Waals surface area contributed by atoms with Gasteiger partial charge in [-0.25, -0.2) is 4.98 Å². The van der Waals surface area contributed by atoms with Crippen LogP contribution in [-0.2, 0) is 0 Å². The summed E-state index contributed by atoms with van der Waals surface area (Å²) in [6.45, 7) is 2.24. The lowest BCUT2D eigenvalue weighted by Crippen LogP contribution is -2.23. The van der Waals surface area contributed by atoms with Gasteiger partial charge in [-0.2, -0.15) is 0 Å². The summed E-state index contributed by atoms with van der Waals surface area (Å²) in [5, 5.41) is 10.7. The molecule has 6 heteroatoms. The number of non-ortho nitro benzene ring substituents is 1. The lowest BCUT2D eigenvalue weighted by Gasteiger charge is -2.24. The molecule has 0 aliphatic carbocycles. The first-order chi connectivity index (χ1) is 11.7. The molecular formula is C18H19N3O3. The molecule has 124 valence electrons. The molecule has 0 N–H and O–H groups in total. The van der Waals surface area contributed by atoms with Crippen LogP contribution in [0, 0.1) is 10.1 Å². The van der Waals surface area contributed by atoms with E-state index in [1.807, 2.05) is 12.2 Å². The number of hydrogen-bond acceptors (Lipinski definition) is 5. The SMILES string of the molecule is O=[N+]([O-])c1ccc(-c2cnc(/C=C/C=C/N3CCCCC3)o2)cc1. The van der Waals surface area contributed by atoms with Crippen molar-refractivity contribution in [2.24, 2.45) is 0 Å². The third-order valence-corrected chi connectivity index (χ3v) is 3.92. The van der Waals surface area contributed by atoms with Crippen molar-refractivity contribution in [2.45, 2.75) is 19.3 Å². The number of benzene rings is 1. The largest absolute Gasteiger partial charge is 0.437 e. The third kappa shape index (κ3) is 4.10. The van der Waals surface area contributed by atoms with Crippen LogP contribution in [0.15, 0.2) is 53.2 Å². The van der Waals surface area contributed by atoms with Gasteiger partial charge in [-0.1, -0.05) is 6.08 Å². The van der Waals surface area contributed by atoms with E-state index in [0.29, 0.717) is 11.7 Å². The Morgan fingerprint density at radius 2 is 1.88 bits per heavy atom. The van der Waals surface area contributed by atoms with Gasteiger partial charge in [0.15, 0.2) is 5.76 Å². The average molecular weight is 325 g/mol. The van der Waals surface area contributed by atoms with E-state index in [1.54, 1.807) is 24.4 Å². The van der Waals surface area contributed by atoms with Gasteiger partial charge >= 0.3 is 0 Å². The van der Waals surface area contributed by atoms with Crippen LogP contribution in [0.4, 0.5) is 5.69 Å². The quantitative estimate of drug-likeness (QED) is 0.466. The van der Waals surface area contributed by atoms with Gasteiger partial charge in [0.1, 0.15) is 0 Å². The molecule has 1 aliphatic rings. The smallest absolute Gasteiger partial charge is 0.269 e. The number of oxazole rings is 1. The zero-order chi connectivity index (χ0) is 16.8. The van der Waals surface area contributed by atoms with Crippen molar-refractivity contribution in [2.75, 3.05) is 13.1 Å². The first kappa shape index (κ1) is 16.0. The van der Waals surface area contributed by atoms with Gasteiger partial charge in [-0.05, 0) is 43.7 Å². The van der Waals surface area contributed by atoms with E-state index in [-0.39, 0.29) is 5.69 Å². The van der Waals surface area contributed by atoms with Crippen LogP contribution >= 0.6 is 0 Å². The number of rotatable bonds is 5. The molecule has 24 heavy (non-hydrogen) atoms. The van der Waals surface area contributed by atoms with Crippen LogP contribution in [0.1, 0.15) is 25.2 Å². The highest BCUT2D eigenvalue weighted by Gasteiger charge is 2.08. The number of nitro benzene ring substituents is 1. The minimum atomic E-state index is -0.424. The fourth-order valence-corrected chi connectivity index (χ4v) is 2.62. The summed E-state index contributed by atoms with van der Waals surface area (Å²) < 4.78 is 5.65. The molecule has 0 radical (unpaired) electrons. The van der Waals surface area contributed by atoms with E-state index in [1.165, 1.54) is 31.4 Å². The van der Waals surface area contributed by atoms with E-state index in [2.05, 4.69) is 16.1 Å². The van der Waals surface area contributed by atoms with Crippen LogP contribution in [0.5, 0.6) is 0 Å². The molecule has 2 heterocycles. The van der Waals surface area contributed by atoms with Crippen molar-refractivity contribution in [1.82, 2.24) is 9.88 Å². The fourth-order valence-electron chi connectivity index (χ4n) is 2.62. The van der Waals surface area contributed by atoms with Crippen molar-refractivity contribution in [3.63, 3.8) is 0 Å². The molecule has 1 aromatic heterocycles. The van der Waals surface area contributed by atoms with E-state index < -0.39 is 4.92 Å². The number of nitrogens with zero attached hydrogens (tertiary/aromatic N) is 3. The number of allylic oxidation sites excluding steroid dienone is 2. The molecule has 1 aromatic carbocycles. The Hall–Kier alpha value is -2.89. The number of nitro groups is 1. The first-order valence-corrected chi connectivity index (χ1v) is 8.02. The summed E-state index contributed by atoms with van der Waals surface area (Å²) in [5.41, 5.74) is 0.817. The second-order valence-electron chi connectivity index (χ2n) is 5.66. The lowest BCUT2D eigenvalue weighted by atomic mass is 10.1. The topological polar surface area (TPSA) is 72.4 Å². The van der Waals surface area contributed by atoms with Crippen LogP contribution in [-0.4, -0.2) is 27.9 Å². The van der Waals surface area contributed by atoms with Crippen LogP contribution in [0.25, 0.3) is 17.4 Å². The Labute approximate surface area is 140 Å². The number of likely N-dealkylation sites (tertiary alicyclic amines) is 1. The molecule has 2 aromatic rings. The van der Waals surface area contributed by atoms with Gasteiger partial charge in [0.05, 0.1) is 11.1 Å². The predicted octanol–water partition coefficient (Wildman–Crippen LogP) is 4.26. The average Bonchev–Trinajstić information content (AvgIpc) is 3.09. The van der Waals surface area contributed by atoms with Gasteiger partial charge < -0.3 is 9.32 Å². The van der Waals surface area contributed by atoms with Crippen molar-refractivity contribution < 1.29 is 9.34 Å². The minimum Gasteiger partial charge on any atom is -0.437 e. The summed E-state index contributed by atoms with van der Waals surface area (Å²) in [6, 6.07) is 6.22. The Bertz CT molecular complexity index is 741. The van der Waals surface area contributed by atoms with Crippen LogP contribution in [0.2, 0.25) is 0 Å².